The Morgan fingerprint density at radius 3 is 1.85 bits per heavy atom. The summed E-state index contributed by atoms with van der Waals surface area (Å²) in [5, 5.41) is 0. The quantitative estimate of drug-likeness (QED) is 0.398. The average Bonchev–Trinajstić information content (AvgIpc) is 2.58. The molecule has 0 aliphatic rings. The summed E-state index contributed by atoms with van der Waals surface area (Å²) in [7, 11) is -5.89. The molecule has 0 fully saturated rings. The van der Waals surface area contributed by atoms with Crippen LogP contribution in [0.25, 0.3) is 0 Å². The number of hydrogen-bond donors (Lipinski definition) is 0. The number of hydrogen-bond acceptors (Lipinski definition) is 3. The highest BCUT2D eigenvalue weighted by molar-refractivity contribution is 7.97. The number of aryl methyl sites for hydroxylation is 1. The van der Waals surface area contributed by atoms with E-state index in [4.69, 9.17) is 13.0 Å². The van der Waals surface area contributed by atoms with Crippen LogP contribution < -0.4 is 0 Å². The van der Waals surface area contributed by atoms with Gasteiger partial charge in [-0.15, -0.1) is 0 Å². The first-order chi connectivity index (χ1) is 12.3. The molecule has 27 heavy (non-hydrogen) atoms. The van der Waals surface area contributed by atoms with Gasteiger partial charge in [0.2, 0.25) is 0 Å². The van der Waals surface area contributed by atoms with Gasteiger partial charge in [0.25, 0.3) is 0 Å². The van der Waals surface area contributed by atoms with Gasteiger partial charge in [0.1, 0.15) is 5.75 Å². The van der Waals surface area contributed by atoms with Crippen molar-refractivity contribution in [3.8, 4) is 0 Å². The molecule has 2 aromatic carbocycles. The summed E-state index contributed by atoms with van der Waals surface area (Å²) in [6, 6.07) is 13.3. The molecule has 0 spiro atoms. The van der Waals surface area contributed by atoms with Gasteiger partial charge < -0.3 is 4.55 Å². The maximum atomic E-state index is 10.7. The summed E-state index contributed by atoms with van der Waals surface area (Å²) in [6.45, 7) is 11.3. The number of halogens is 3. The summed E-state index contributed by atoms with van der Waals surface area (Å²) in [5.41, 5.74) is 0.135. The minimum Gasteiger partial charge on any atom is -0.741 e. The van der Waals surface area contributed by atoms with E-state index < -0.39 is 15.6 Å². The Kier molecular flexibility index (Phi) is 7.95. The molecule has 0 aliphatic carbocycles. The summed E-state index contributed by atoms with van der Waals surface area (Å²) in [6.07, 6.45) is 0. The van der Waals surface area contributed by atoms with Crippen molar-refractivity contribution in [1.29, 1.82) is 0 Å². The molecule has 1 unspecified atom stereocenters. The third-order valence-electron chi connectivity index (χ3n) is 4.30. The minimum atomic E-state index is -6.09. The summed E-state index contributed by atoms with van der Waals surface area (Å²) < 4.78 is 58.9. The van der Waals surface area contributed by atoms with Crippen LogP contribution in [0, 0.1) is 27.7 Å². The molecule has 3 nitrogen and oxygen atoms in total. The molecular formula is C19H23F3O3S2. The molecule has 0 heterocycles. The first-order valence-electron chi connectivity index (χ1n) is 8.16. The number of benzene rings is 2. The number of alkyl halides is 3. The smallest absolute Gasteiger partial charge is 0.485 e. The predicted molar refractivity (Wildman–Crippen MR) is 102 cm³/mol. The molecule has 0 radical (unpaired) electrons. The van der Waals surface area contributed by atoms with Gasteiger partial charge in [-0.2, -0.15) is 13.2 Å². The molecule has 1 atom stereocenters. The van der Waals surface area contributed by atoms with Gasteiger partial charge in [-0.1, -0.05) is 18.2 Å². The topological polar surface area (TPSA) is 57.2 Å². The van der Waals surface area contributed by atoms with Crippen molar-refractivity contribution in [2.75, 3.05) is 5.75 Å². The molecule has 150 valence electrons. The van der Waals surface area contributed by atoms with Gasteiger partial charge in [0.15, 0.2) is 19.9 Å². The Morgan fingerprint density at radius 1 is 0.963 bits per heavy atom. The maximum Gasteiger partial charge on any atom is 0.485 e. The zero-order valence-electron chi connectivity index (χ0n) is 15.8. The normalized spacial score (nSPS) is 12.9. The lowest BCUT2D eigenvalue weighted by Crippen LogP contribution is -2.21. The predicted octanol–water partition coefficient (Wildman–Crippen LogP) is 5.03. The highest BCUT2D eigenvalue weighted by Crippen LogP contribution is 2.30. The molecule has 0 N–H and O–H groups in total. The van der Waals surface area contributed by atoms with Crippen molar-refractivity contribution in [1.82, 2.24) is 0 Å². The molecule has 0 aromatic heterocycles. The molecule has 0 saturated carbocycles. The van der Waals surface area contributed by atoms with Crippen molar-refractivity contribution in [2.24, 2.45) is 0 Å². The Bertz CT molecular complexity index is 877. The Labute approximate surface area is 161 Å². The molecule has 2 rings (SSSR count). The molecule has 8 heteroatoms. The Hall–Kier alpha value is -1.51. The van der Waals surface area contributed by atoms with Crippen molar-refractivity contribution in [2.45, 2.75) is 49.9 Å². The van der Waals surface area contributed by atoms with Gasteiger partial charge >= 0.3 is 5.51 Å². The van der Waals surface area contributed by atoms with E-state index in [1.807, 2.05) is 0 Å². The van der Waals surface area contributed by atoms with Crippen LogP contribution in [-0.4, -0.2) is 24.2 Å². The Balaban J connectivity index is 0.000000387. The molecule has 0 amide bonds. The van der Waals surface area contributed by atoms with E-state index in [0.717, 1.165) is 0 Å². The highest BCUT2D eigenvalue weighted by Gasteiger charge is 2.36. The zero-order chi connectivity index (χ0) is 21.0. The van der Waals surface area contributed by atoms with Crippen molar-refractivity contribution in [3.63, 3.8) is 0 Å². The fraction of sp³-hybridized carbons (Fsp3) is 0.368. The highest BCUT2D eigenvalue weighted by atomic mass is 32.2. The van der Waals surface area contributed by atoms with Crippen LogP contribution >= 0.6 is 0 Å². The fourth-order valence-electron chi connectivity index (χ4n) is 2.46. The van der Waals surface area contributed by atoms with E-state index in [0.29, 0.717) is 0 Å². The van der Waals surface area contributed by atoms with E-state index in [9.17, 15) is 13.2 Å². The van der Waals surface area contributed by atoms with Crippen LogP contribution in [0.4, 0.5) is 13.2 Å². The first kappa shape index (κ1) is 23.5. The van der Waals surface area contributed by atoms with Crippen LogP contribution in [0.2, 0.25) is 0 Å². The van der Waals surface area contributed by atoms with Gasteiger partial charge in [-0.25, -0.2) is 8.42 Å². The largest absolute Gasteiger partial charge is 0.741 e. The summed E-state index contributed by atoms with van der Waals surface area (Å²) >= 11 is 0. The lowest BCUT2D eigenvalue weighted by molar-refractivity contribution is -0.0517. The molecule has 0 saturated heterocycles. The van der Waals surface area contributed by atoms with Crippen molar-refractivity contribution < 1.29 is 26.1 Å². The second-order valence-corrected chi connectivity index (χ2v) is 9.60. The van der Waals surface area contributed by atoms with Crippen LogP contribution in [0.1, 0.15) is 29.2 Å². The van der Waals surface area contributed by atoms with Gasteiger partial charge in [-0.05, 0) is 69.5 Å². The van der Waals surface area contributed by atoms with Crippen molar-refractivity contribution in [3.05, 3.63) is 58.7 Å². The van der Waals surface area contributed by atoms with E-state index in [-0.39, 0.29) is 10.9 Å². The van der Waals surface area contributed by atoms with E-state index in [1.54, 1.807) is 0 Å². The lowest BCUT2D eigenvalue weighted by Gasteiger charge is -2.14. The zero-order valence-corrected chi connectivity index (χ0v) is 17.5. The number of rotatable bonds is 3. The molecule has 2 aromatic rings. The molecule has 0 aliphatic heterocycles. The SMILES string of the molecule is CC[S+](c1ccccc1)c1cc(C)c(C)c(C)c1C.O=S(=O)([O-])C(F)(F)F. The van der Waals surface area contributed by atoms with Crippen LogP contribution in [0.3, 0.4) is 0 Å². The van der Waals surface area contributed by atoms with E-state index in [2.05, 4.69) is 71.0 Å². The maximum absolute atomic E-state index is 10.7. The van der Waals surface area contributed by atoms with Gasteiger partial charge in [0.05, 0.1) is 10.9 Å². The Morgan fingerprint density at radius 2 is 1.44 bits per heavy atom. The monoisotopic (exact) mass is 420 g/mol. The second-order valence-electron chi connectivity index (χ2n) is 5.96. The third kappa shape index (κ3) is 5.99. The summed E-state index contributed by atoms with van der Waals surface area (Å²) in [4.78, 5) is 2.98. The van der Waals surface area contributed by atoms with E-state index in [1.165, 1.54) is 37.8 Å². The van der Waals surface area contributed by atoms with Crippen LogP contribution in [0.5, 0.6) is 0 Å². The minimum absolute atomic E-state index is 0.201. The van der Waals surface area contributed by atoms with E-state index >= 15 is 0 Å². The molecule has 0 bridgehead atoms. The molecular weight excluding hydrogens is 397 g/mol. The second kappa shape index (κ2) is 9.12. The first-order valence-corrected chi connectivity index (χ1v) is 11.0. The fourth-order valence-corrected chi connectivity index (χ4v) is 4.69. The average molecular weight is 421 g/mol. The third-order valence-corrected chi connectivity index (χ3v) is 7.24. The standard InChI is InChI=1S/C18H23S.CHF3O3S/c1-6-19(17-10-8-7-9-11-17)18-12-13(2)14(3)15(4)16(18)5;2-1(3,4)8(5,6)7/h7-12H,6H2,1-5H3;(H,5,6,7)/q+1;/p-1. The van der Waals surface area contributed by atoms with Gasteiger partial charge in [0, 0.05) is 5.56 Å². The summed E-state index contributed by atoms with van der Waals surface area (Å²) in [5.74, 6) is 1.17. The van der Waals surface area contributed by atoms with Gasteiger partial charge in [-0.3, -0.25) is 0 Å². The van der Waals surface area contributed by atoms with Crippen LogP contribution in [-0.2, 0) is 21.0 Å². The van der Waals surface area contributed by atoms with Crippen LogP contribution in [0.15, 0.2) is 46.2 Å². The lowest BCUT2D eigenvalue weighted by atomic mass is 10.00. The van der Waals surface area contributed by atoms with Crippen molar-refractivity contribution >= 4 is 21.0 Å².